The lowest BCUT2D eigenvalue weighted by molar-refractivity contribution is 0.248. The zero-order valence-electron chi connectivity index (χ0n) is 15.1. The van der Waals surface area contributed by atoms with Crippen LogP contribution in [0.2, 0.25) is 0 Å². The Labute approximate surface area is 163 Å². The van der Waals surface area contributed by atoms with E-state index < -0.39 is 0 Å². The largest absolute Gasteiger partial charge is 0.337 e. The van der Waals surface area contributed by atoms with E-state index in [1.807, 2.05) is 54.5 Å². The average Bonchev–Trinajstić information content (AvgIpc) is 3.44. The molecule has 3 atom stereocenters. The third-order valence-electron chi connectivity index (χ3n) is 5.31. The Hall–Kier alpha value is -2.60. The number of pyridine rings is 2. The molecule has 6 heteroatoms. The van der Waals surface area contributed by atoms with E-state index in [1.54, 1.807) is 0 Å². The summed E-state index contributed by atoms with van der Waals surface area (Å²) in [6, 6.07) is 17.0. The van der Waals surface area contributed by atoms with Crippen molar-refractivity contribution < 1.29 is 0 Å². The van der Waals surface area contributed by atoms with Crippen LogP contribution in [0.3, 0.4) is 0 Å². The van der Waals surface area contributed by atoms with Gasteiger partial charge in [0.2, 0.25) is 0 Å². The van der Waals surface area contributed by atoms with Crippen molar-refractivity contribution in [1.29, 1.82) is 0 Å². The van der Waals surface area contributed by atoms with Crippen molar-refractivity contribution in [2.24, 2.45) is 4.99 Å². The van der Waals surface area contributed by atoms with Gasteiger partial charge in [-0.15, -0.1) is 0 Å². The number of hydrogen-bond donors (Lipinski definition) is 0. The minimum atomic E-state index is 0.000382. The molecule has 27 heavy (non-hydrogen) atoms. The number of aliphatic imine (C=N–C) groups is 1. The summed E-state index contributed by atoms with van der Waals surface area (Å²) in [6.07, 6.45) is 6.90. The normalized spacial score (nSPS) is 24.1. The van der Waals surface area contributed by atoms with Gasteiger partial charge in [-0.05, 0) is 42.8 Å². The van der Waals surface area contributed by atoms with Crippen molar-refractivity contribution in [2.45, 2.75) is 31.5 Å². The van der Waals surface area contributed by atoms with Gasteiger partial charge in [-0.25, -0.2) is 4.98 Å². The number of hydrogen-bond acceptors (Lipinski definition) is 5. The second-order valence-electron chi connectivity index (χ2n) is 6.83. The average molecular weight is 376 g/mol. The molecule has 5 rings (SSSR count). The highest BCUT2D eigenvalue weighted by Crippen LogP contribution is 2.48. The van der Waals surface area contributed by atoms with Gasteiger partial charge in [0.25, 0.3) is 0 Å². The molecule has 0 amide bonds. The molecule has 0 aromatic carbocycles. The fourth-order valence-corrected chi connectivity index (χ4v) is 5.35. The van der Waals surface area contributed by atoms with Crippen LogP contribution in [-0.4, -0.2) is 36.4 Å². The van der Waals surface area contributed by atoms with E-state index in [4.69, 9.17) is 4.99 Å². The lowest BCUT2D eigenvalue weighted by Gasteiger charge is -2.32. The summed E-state index contributed by atoms with van der Waals surface area (Å²) in [6.45, 7) is 2.26. The van der Waals surface area contributed by atoms with Crippen molar-refractivity contribution in [3.63, 3.8) is 0 Å². The summed E-state index contributed by atoms with van der Waals surface area (Å²) in [5.41, 5.74) is 2.23. The van der Waals surface area contributed by atoms with Crippen molar-refractivity contribution in [1.82, 2.24) is 19.4 Å². The van der Waals surface area contributed by atoms with E-state index in [1.165, 1.54) is 5.69 Å². The minimum Gasteiger partial charge on any atom is -0.337 e. The molecule has 0 saturated carbocycles. The minimum absolute atomic E-state index is 0.000382. The Morgan fingerprint density at radius 1 is 1.04 bits per heavy atom. The summed E-state index contributed by atoms with van der Waals surface area (Å²) in [4.78, 5) is 16.8. The van der Waals surface area contributed by atoms with Crippen molar-refractivity contribution in [3.05, 3.63) is 78.5 Å². The van der Waals surface area contributed by atoms with Crippen molar-refractivity contribution >= 4 is 16.9 Å². The first kappa shape index (κ1) is 16.6. The Bertz CT molecular complexity index is 953. The molecule has 1 fully saturated rings. The molecule has 1 saturated heterocycles. The first-order valence-corrected chi connectivity index (χ1v) is 10.3. The molecule has 2 aliphatic rings. The van der Waals surface area contributed by atoms with Crippen LogP contribution in [0.1, 0.15) is 36.8 Å². The van der Waals surface area contributed by atoms with E-state index in [0.717, 1.165) is 28.9 Å². The molecule has 2 aliphatic heterocycles. The van der Waals surface area contributed by atoms with E-state index in [0.29, 0.717) is 6.04 Å². The molecule has 0 spiro atoms. The van der Waals surface area contributed by atoms with Crippen LogP contribution in [0.4, 0.5) is 0 Å². The fourth-order valence-electron chi connectivity index (χ4n) is 4.01. The summed E-state index contributed by atoms with van der Waals surface area (Å²) in [5.74, 6) is 2.04. The number of thioether (sulfide) groups is 1. The molecule has 0 unspecified atom stereocenters. The Balaban J connectivity index is 1.63. The van der Waals surface area contributed by atoms with E-state index in [2.05, 4.69) is 50.8 Å². The van der Waals surface area contributed by atoms with E-state index in [9.17, 15) is 0 Å². The Morgan fingerprint density at radius 2 is 1.89 bits per heavy atom. The SMILES string of the molecule is CC[C@@H]1CSC2=N[C@H](c3ccccn3)[C@@H](c3cccn3-c3ccccn3)N21. The van der Waals surface area contributed by atoms with Gasteiger partial charge in [0, 0.05) is 36.1 Å². The first-order valence-electron chi connectivity index (χ1n) is 9.35. The number of aromatic nitrogens is 3. The van der Waals surface area contributed by atoms with Crippen LogP contribution in [-0.2, 0) is 0 Å². The molecule has 0 radical (unpaired) electrons. The molecule has 3 aromatic rings. The standard InChI is InChI=1S/C21H21N5S/c1-2-15-14-27-21-24-19(16-8-3-5-11-22-16)20(26(15)21)17-9-7-13-25(17)18-10-4-6-12-23-18/h3-13,15,19-20H,2,14H2,1H3/t15-,19-,20-/m1/s1. The highest BCUT2D eigenvalue weighted by molar-refractivity contribution is 8.14. The summed E-state index contributed by atoms with van der Waals surface area (Å²) < 4.78 is 2.19. The molecule has 5 nitrogen and oxygen atoms in total. The molecule has 3 aromatic heterocycles. The van der Waals surface area contributed by atoms with E-state index in [-0.39, 0.29) is 12.1 Å². The van der Waals surface area contributed by atoms with Gasteiger partial charge in [0.1, 0.15) is 17.9 Å². The van der Waals surface area contributed by atoms with Gasteiger partial charge in [-0.2, -0.15) is 0 Å². The van der Waals surface area contributed by atoms with Gasteiger partial charge in [-0.3, -0.25) is 9.98 Å². The predicted molar refractivity (Wildman–Crippen MR) is 109 cm³/mol. The number of rotatable bonds is 4. The molecule has 0 bridgehead atoms. The Kier molecular flexibility index (Phi) is 4.20. The van der Waals surface area contributed by atoms with Crippen LogP contribution < -0.4 is 0 Å². The maximum Gasteiger partial charge on any atom is 0.160 e. The molecule has 0 N–H and O–H groups in total. The zero-order valence-corrected chi connectivity index (χ0v) is 16.0. The fraction of sp³-hybridized carbons (Fsp3) is 0.286. The lowest BCUT2D eigenvalue weighted by atomic mass is 9.99. The zero-order chi connectivity index (χ0) is 18.2. The molecule has 0 aliphatic carbocycles. The van der Waals surface area contributed by atoms with Gasteiger partial charge in [-0.1, -0.05) is 30.8 Å². The molecular weight excluding hydrogens is 354 g/mol. The predicted octanol–water partition coefficient (Wildman–Crippen LogP) is 4.25. The summed E-state index contributed by atoms with van der Waals surface area (Å²) in [5, 5.41) is 1.15. The lowest BCUT2D eigenvalue weighted by Crippen LogP contribution is -2.36. The van der Waals surface area contributed by atoms with Gasteiger partial charge >= 0.3 is 0 Å². The van der Waals surface area contributed by atoms with Crippen LogP contribution in [0.25, 0.3) is 5.82 Å². The number of nitrogens with zero attached hydrogens (tertiary/aromatic N) is 5. The number of fused-ring (bicyclic) bond motifs is 1. The second kappa shape index (κ2) is 6.85. The third kappa shape index (κ3) is 2.75. The maximum absolute atomic E-state index is 5.10. The van der Waals surface area contributed by atoms with E-state index >= 15 is 0 Å². The highest BCUT2D eigenvalue weighted by Gasteiger charge is 2.46. The monoisotopic (exact) mass is 375 g/mol. The molecular formula is C21H21N5S. The van der Waals surface area contributed by atoms with Crippen LogP contribution in [0.5, 0.6) is 0 Å². The third-order valence-corrected chi connectivity index (χ3v) is 6.43. The smallest absolute Gasteiger partial charge is 0.160 e. The first-order chi connectivity index (χ1) is 13.4. The summed E-state index contributed by atoms with van der Waals surface area (Å²) >= 11 is 1.87. The number of amidine groups is 1. The second-order valence-corrected chi connectivity index (χ2v) is 7.81. The summed E-state index contributed by atoms with van der Waals surface area (Å²) in [7, 11) is 0. The quantitative estimate of drug-likeness (QED) is 0.684. The van der Waals surface area contributed by atoms with Crippen LogP contribution in [0.15, 0.2) is 72.1 Å². The topological polar surface area (TPSA) is 46.3 Å². The van der Waals surface area contributed by atoms with Crippen molar-refractivity contribution in [2.75, 3.05) is 5.75 Å². The molecule has 5 heterocycles. The van der Waals surface area contributed by atoms with Crippen LogP contribution in [0, 0.1) is 0 Å². The molecule has 136 valence electrons. The van der Waals surface area contributed by atoms with Gasteiger partial charge in [0.15, 0.2) is 5.17 Å². The highest BCUT2D eigenvalue weighted by atomic mass is 32.2. The van der Waals surface area contributed by atoms with Crippen molar-refractivity contribution in [3.8, 4) is 5.82 Å². The Morgan fingerprint density at radius 3 is 2.63 bits per heavy atom. The van der Waals surface area contributed by atoms with Crippen LogP contribution >= 0.6 is 11.8 Å². The maximum atomic E-state index is 5.10. The van der Waals surface area contributed by atoms with Gasteiger partial charge in [0.05, 0.1) is 5.69 Å². The van der Waals surface area contributed by atoms with Gasteiger partial charge < -0.3 is 9.47 Å².